The fraction of sp³-hybridized carbons (Fsp3) is 0.231. The van der Waals surface area contributed by atoms with Gasteiger partial charge in [0.2, 0.25) is 0 Å². The third kappa shape index (κ3) is 3.02. The van der Waals surface area contributed by atoms with Crippen LogP contribution in [0.15, 0.2) is 26.8 Å². The quantitative estimate of drug-likeness (QED) is 0.732. The predicted molar refractivity (Wildman–Crippen MR) is 82.0 cm³/mol. The number of anilines is 1. The molecule has 1 aliphatic heterocycles. The zero-order chi connectivity index (χ0) is 15.7. The van der Waals surface area contributed by atoms with Gasteiger partial charge in [0.25, 0.3) is 11.8 Å². The van der Waals surface area contributed by atoms with Crippen LogP contribution in [0.3, 0.4) is 0 Å². The molecule has 5 nitrogen and oxygen atoms in total. The van der Waals surface area contributed by atoms with Crippen molar-refractivity contribution in [2.24, 2.45) is 0 Å². The first-order valence-electron chi connectivity index (χ1n) is 5.96. The number of halogens is 3. The van der Waals surface area contributed by atoms with E-state index in [0.29, 0.717) is 20.2 Å². The van der Waals surface area contributed by atoms with Gasteiger partial charge in [-0.15, -0.1) is 0 Å². The molecule has 0 atom stereocenters. The molecule has 0 spiro atoms. The van der Waals surface area contributed by atoms with Gasteiger partial charge in [-0.05, 0) is 44.8 Å². The smallest absolute Gasteiger partial charge is 0.277 e. The average molecular weight is 422 g/mol. The van der Waals surface area contributed by atoms with Crippen LogP contribution in [0.4, 0.5) is 10.1 Å². The Balaban J connectivity index is 2.32. The fourth-order valence-electron chi connectivity index (χ4n) is 1.85. The summed E-state index contributed by atoms with van der Waals surface area (Å²) in [6.07, 6.45) is 1.15. The summed E-state index contributed by atoms with van der Waals surface area (Å²) in [6, 6.07) is 1.27. The summed E-state index contributed by atoms with van der Waals surface area (Å²) >= 11 is 6.47. The second-order valence-electron chi connectivity index (χ2n) is 4.36. The molecule has 2 N–H and O–H groups in total. The molecule has 8 heteroatoms. The number of hydrogen-bond donors (Lipinski definition) is 2. The van der Waals surface area contributed by atoms with Crippen LogP contribution in [0.1, 0.15) is 5.56 Å². The number of aliphatic hydroxyl groups is 1. The molecule has 0 radical (unpaired) electrons. The number of amides is 2. The highest BCUT2D eigenvalue weighted by atomic mass is 79.9. The second kappa shape index (κ2) is 6.25. The van der Waals surface area contributed by atoms with Crippen LogP contribution in [0.5, 0.6) is 0 Å². The van der Waals surface area contributed by atoms with Gasteiger partial charge in [0.15, 0.2) is 0 Å². The number of benzene rings is 1. The van der Waals surface area contributed by atoms with Crippen molar-refractivity contribution in [2.75, 3.05) is 18.5 Å². The molecule has 0 fully saturated rings. The van der Waals surface area contributed by atoms with Crippen LogP contribution in [-0.4, -0.2) is 35.0 Å². The van der Waals surface area contributed by atoms with Gasteiger partial charge in [-0.2, -0.15) is 0 Å². The van der Waals surface area contributed by atoms with E-state index in [9.17, 15) is 14.0 Å². The second-order valence-corrected chi connectivity index (χ2v) is 6.00. The van der Waals surface area contributed by atoms with E-state index in [4.69, 9.17) is 5.11 Å². The standard InChI is InChI=1S/C13H11Br2FN2O3/c1-6-8(16)4-7(14)12(11(6)15)17-9-5-10(20)18(2-3-19)13(9)21/h4-5,17,19H,2-3H2,1H3. The molecule has 1 heterocycles. The first-order valence-corrected chi connectivity index (χ1v) is 7.55. The summed E-state index contributed by atoms with van der Waals surface area (Å²) in [5, 5.41) is 11.7. The first kappa shape index (κ1) is 16.1. The van der Waals surface area contributed by atoms with Crippen LogP contribution in [0.25, 0.3) is 0 Å². The van der Waals surface area contributed by atoms with Gasteiger partial charge in [-0.25, -0.2) is 4.39 Å². The van der Waals surface area contributed by atoms with E-state index in [1.165, 1.54) is 6.07 Å². The molecule has 0 unspecified atom stereocenters. The zero-order valence-electron chi connectivity index (χ0n) is 10.9. The Morgan fingerprint density at radius 2 is 2.05 bits per heavy atom. The summed E-state index contributed by atoms with van der Waals surface area (Å²) in [5.74, 6) is -1.43. The van der Waals surface area contributed by atoms with Crippen molar-refractivity contribution in [2.45, 2.75) is 6.92 Å². The van der Waals surface area contributed by atoms with Gasteiger partial charge in [-0.3, -0.25) is 14.5 Å². The van der Waals surface area contributed by atoms with Crippen molar-refractivity contribution >= 4 is 49.4 Å². The molecule has 1 aliphatic rings. The highest BCUT2D eigenvalue weighted by molar-refractivity contribution is 9.11. The fourth-order valence-corrected chi connectivity index (χ4v) is 3.11. The largest absolute Gasteiger partial charge is 0.395 e. The van der Waals surface area contributed by atoms with Gasteiger partial charge in [0.1, 0.15) is 11.5 Å². The number of rotatable bonds is 4. The maximum atomic E-state index is 13.6. The Kier molecular flexibility index (Phi) is 4.80. The third-order valence-corrected chi connectivity index (χ3v) is 4.61. The molecule has 0 aromatic heterocycles. The molecule has 2 amide bonds. The molecule has 21 heavy (non-hydrogen) atoms. The van der Waals surface area contributed by atoms with Gasteiger partial charge in [-0.1, -0.05) is 0 Å². The maximum Gasteiger partial charge on any atom is 0.277 e. The minimum absolute atomic E-state index is 0.0653. The molecule has 1 aromatic rings. The van der Waals surface area contributed by atoms with E-state index < -0.39 is 17.6 Å². The van der Waals surface area contributed by atoms with Crippen molar-refractivity contribution in [1.29, 1.82) is 0 Å². The minimum Gasteiger partial charge on any atom is -0.395 e. The summed E-state index contributed by atoms with van der Waals surface area (Å²) in [7, 11) is 0. The van der Waals surface area contributed by atoms with Crippen molar-refractivity contribution < 1.29 is 19.1 Å². The molecular weight excluding hydrogens is 411 g/mol. The Hall–Kier alpha value is -1.25. The highest BCUT2D eigenvalue weighted by Crippen LogP contribution is 2.36. The molecule has 1 aromatic carbocycles. The van der Waals surface area contributed by atoms with E-state index in [0.717, 1.165) is 11.0 Å². The summed E-state index contributed by atoms with van der Waals surface area (Å²) in [4.78, 5) is 24.6. The number of carbonyl (C=O) groups excluding carboxylic acids is 2. The van der Waals surface area contributed by atoms with E-state index in [1.54, 1.807) is 6.92 Å². The Morgan fingerprint density at radius 1 is 1.38 bits per heavy atom. The van der Waals surface area contributed by atoms with Crippen molar-refractivity contribution in [3.05, 3.63) is 38.2 Å². The topological polar surface area (TPSA) is 69.6 Å². The minimum atomic E-state index is -0.533. The normalized spacial score (nSPS) is 14.7. The average Bonchev–Trinajstić information content (AvgIpc) is 2.69. The SMILES string of the molecule is Cc1c(F)cc(Br)c(NC2=CC(=O)N(CCO)C2=O)c1Br. The number of imide groups is 1. The maximum absolute atomic E-state index is 13.6. The molecule has 2 rings (SSSR count). The highest BCUT2D eigenvalue weighted by Gasteiger charge is 2.31. The third-order valence-electron chi connectivity index (χ3n) is 2.99. The van der Waals surface area contributed by atoms with Crippen molar-refractivity contribution in [3.63, 3.8) is 0 Å². The van der Waals surface area contributed by atoms with Crippen LogP contribution in [0.2, 0.25) is 0 Å². The zero-order valence-corrected chi connectivity index (χ0v) is 14.1. The van der Waals surface area contributed by atoms with Crippen LogP contribution >= 0.6 is 31.9 Å². The van der Waals surface area contributed by atoms with Crippen molar-refractivity contribution in [3.8, 4) is 0 Å². The number of hydrogen-bond acceptors (Lipinski definition) is 4. The lowest BCUT2D eigenvalue weighted by atomic mass is 10.2. The molecule has 0 saturated carbocycles. The number of carbonyl (C=O) groups is 2. The van der Waals surface area contributed by atoms with Gasteiger partial charge >= 0.3 is 0 Å². The van der Waals surface area contributed by atoms with Crippen LogP contribution in [0, 0.1) is 12.7 Å². The molecule has 0 saturated heterocycles. The molecule has 112 valence electrons. The lowest BCUT2D eigenvalue weighted by Crippen LogP contribution is -2.34. The lowest BCUT2D eigenvalue weighted by molar-refractivity contribution is -0.137. The molecular formula is C13H11Br2FN2O3. The van der Waals surface area contributed by atoms with Crippen LogP contribution < -0.4 is 5.32 Å². The molecule has 0 aliphatic carbocycles. The molecule has 0 bridgehead atoms. The van der Waals surface area contributed by atoms with Gasteiger partial charge < -0.3 is 10.4 Å². The van der Waals surface area contributed by atoms with Gasteiger partial charge in [0.05, 0.1) is 18.8 Å². The van der Waals surface area contributed by atoms with Crippen LogP contribution in [-0.2, 0) is 9.59 Å². The summed E-state index contributed by atoms with van der Waals surface area (Å²) in [6.45, 7) is 1.22. The Morgan fingerprint density at radius 3 is 2.67 bits per heavy atom. The predicted octanol–water partition coefficient (Wildman–Crippen LogP) is 2.32. The number of aliphatic hydroxyl groups excluding tert-OH is 1. The Labute approximate surface area is 137 Å². The Bertz CT molecular complexity index is 661. The van der Waals surface area contributed by atoms with E-state index in [1.807, 2.05) is 0 Å². The van der Waals surface area contributed by atoms with E-state index in [-0.39, 0.29) is 18.8 Å². The number of nitrogens with one attached hydrogen (secondary N) is 1. The summed E-state index contributed by atoms with van der Waals surface area (Å²) < 4.78 is 14.4. The number of β-amino-alcohol motifs (C(OH)–C–C–N with tert-alkyl or cyclic N) is 1. The van der Waals surface area contributed by atoms with E-state index in [2.05, 4.69) is 37.2 Å². The number of nitrogens with zero attached hydrogens (tertiary/aromatic N) is 1. The van der Waals surface area contributed by atoms with Gasteiger partial charge in [0, 0.05) is 20.6 Å². The van der Waals surface area contributed by atoms with Crippen molar-refractivity contribution in [1.82, 2.24) is 4.90 Å². The monoisotopic (exact) mass is 420 g/mol. The summed E-state index contributed by atoms with van der Waals surface area (Å²) in [5.41, 5.74) is 0.901. The lowest BCUT2D eigenvalue weighted by Gasteiger charge is -2.16. The van der Waals surface area contributed by atoms with E-state index >= 15 is 0 Å². The first-order chi connectivity index (χ1) is 9.86.